The number of ether oxygens (including phenoxy) is 3. The van der Waals surface area contributed by atoms with Gasteiger partial charge in [-0.2, -0.15) is 0 Å². The highest BCUT2D eigenvalue weighted by molar-refractivity contribution is 7.80. The number of benzene rings is 2. The Morgan fingerprint density at radius 3 is 1.77 bits per heavy atom. The van der Waals surface area contributed by atoms with Crippen molar-refractivity contribution in [3.05, 3.63) is 59.7 Å². The summed E-state index contributed by atoms with van der Waals surface area (Å²) in [5.41, 5.74) is 1.99. The molecule has 0 spiro atoms. The number of rotatable bonds is 0. The van der Waals surface area contributed by atoms with Crippen LogP contribution in [0, 0.1) is 0 Å². The molecule has 0 saturated carbocycles. The van der Waals surface area contributed by atoms with Crippen LogP contribution in [0.5, 0.6) is 11.5 Å². The van der Waals surface area contributed by atoms with Crippen LogP contribution in [0.1, 0.15) is 23.5 Å². The maximum absolute atomic E-state index is 5.92. The predicted octanol–water partition coefficient (Wildman–Crippen LogP) is 2.24. The lowest BCUT2D eigenvalue weighted by Crippen LogP contribution is -2.55. The van der Waals surface area contributed by atoms with Crippen molar-refractivity contribution in [3.8, 4) is 11.5 Å². The zero-order valence-corrected chi connectivity index (χ0v) is 15.1. The van der Waals surface area contributed by atoms with E-state index in [0.717, 1.165) is 22.6 Å². The van der Waals surface area contributed by atoms with Gasteiger partial charge in [0.05, 0.1) is 13.2 Å². The van der Waals surface area contributed by atoms with E-state index >= 15 is 0 Å². The van der Waals surface area contributed by atoms with Gasteiger partial charge in [-0.05, 0) is 24.4 Å². The molecule has 26 heavy (non-hydrogen) atoms. The van der Waals surface area contributed by atoms with Crippen molar-refractivity contribution in [3.63, 3.8) is 0 Å². The molecule has 2 atom stereocenters. The van der Waals surface area contributed by atoms with Crippen LogP contribution in [0.15, 0.2) is 48.5 Å². The molecule has 1 fully saturated rings. The van der Waals surface area contributed by atoms with Crippen LogP contribution in [0.4, 0.5) is 0 Å². The fourth-order valence-corrected chi connectivity index (χ4v) is 3.35. The van der Waals surface area contributed by atoms with Crippen molar-refractivity contribution in [2.45, 2.75) is 12.3 Å². The number of thiocarbonyl (C=S) groups is 1. The SMILES string of the molecule is S=C1NC2NC(N1)c1ccccc1OCCOCCOc1ccccc12. The van der Waals surface area contributed by atoms with Crippen molar-refractivity contribution >= 4 is 17.3 Å². The molecule has 136 valence electrons. The number of para-hydroxylation sites is 2. The van der Waals surface area contributed by atoms with E-state index in [1.165, 1.54) is 0 Å². The molecule has 2 heterocycles. The molecule has 2 aliphatic rings. The number of hydrogen-bond donors (Lipinski definition) is 3. The summed E-state index contributed by atoms with van der Waals surface area (Å²) >= 11 is 5.45. The second-order valence-electron chi connectivity index (χ2n) is 6.04. The van der Waals surface area contributed by atoms with Gasteiger partial charge in [-0.25, -0.2) is 0 Å². The van der Waals surface area contributed by atoms with Crippen LogP contribution < -0.4 is 25.4 Å². The van der Waals surface area contributed by atoms with Gasteiger partial charge in [0.2, 0.25) is 0 Å². The van der Waals surface area contributed by atoms with E-state index in [0.29, 0.717) is 31.5 Å². The molecule has 2 bridgehead atoms. The standard InChI is InChI=1S/C19H21N3O3S/c26-19-21-17-13-5-1-3-7-15(13)24-11-9-23-10-12-25-16-8-4-2-6-14(16)18(20-17)22-19/h1-8,17-18,20H,9-12H2,(H2,21,22,26). The Kier molecular flexibility index (Phi) is 5.19. The van der Waals surface area contributed by atoms with E-state index in [-0.39, 0.29) is 12.3 Å². The van der Waals surface area contributed by atoms with Gasteiger partial charge in [-0.1, -0.05) is 36.4 Å². The minimum absolute atomic E-state index is 0.179. The van der Waals surface area contributed by atoms with Crippen LogP contribution in [-0.4, -0.2) is 31.5 Å². The summed E-state index contributed by atoms with van der Waals surface area (Å²) < 4.78 is 17.4. The summed E-state index contributed by atoms with van der Waals surface area (Å²) in [4.78, 5) is 0. The first-order chi connectivity index (χ1) is 12.8. The Bertz CT molecular complexity index is 725. The van der Waals surface area contributed by atoms with Gasteiger partial charge in [-0.15, -0.1) is 0 Å². The average Bonchev–Trinajstić information content (AvgIpc) is 2.67. The minimum Gasteiger partial charge on any atom is -0.491 e. The molecule has 3 N–H and O–H groups in total. The zero-order valence-electron chi connectivity index (χ0n) is 14.2. The zero-order chi connectivity index (χ0) is 17.8. The van der Waals surface area contributed by atoms with Crippen molar-refractivity contribution in [1.29, 1.82) is 0 Å². The molecule has 7 heteroatoms. The Hall–Kier alpha value is -2.35. The highest BCUT2D eigenvalue weighted by Gasteiger charge is 2.28. The van der Waals surface area contributed by atoms with Crippen molar-refractivity contribution in [2.75, 3.05) is 26.4 Å². The van der Waals surface area contributed by atoms with Crippen LogP contribution >= 0.6 is 12.2 Å². The van der Waals surface area contributed by atoms with Gasteiger partial charge in [0, 0.05) is 11.1 Å². The molecule has 6 nitrogen and oxygen atoms in total. The van der Waals surface area contributed by atoms with Crippen molar-refractivity contribution in [2.24, 2.45) is 0 Å². The third-order valence-corrected chi connectivity index (χ3v) is 4.55. The molecule has 4 rings (SSSR count). The second kappa shape index (κ2) is 7.90. The Labute approximate surface area is 157 Å². The molecule has 0 amide bonds. The van der Waals surface area contributed by atoms with Crippen LogP contribution in [0.25, 0.3) is 0 Å². The van der Waals surface area contributed by atoms with Gasteiger partial charge in [0.1, 0.15) is 37.0 Å². The molecule has 0 radical (unpaired) electrons. The summed E-state index contributed by atoms with van der Waals surface area (Å²) in [6.07, 6.45) is -0.358. The van der Waals surface area contributed by atoms with Gasteiger partial charge < -0.3 is 24.8 Å². The van der Waals surface area contributed by atoms with E-state index in [1.54, 1.807) is 0 Å². The third-order valence-electron chi connectivity index (χ3n) is 4.31. The fourth-order valence-electron chi connectivity index (χ4n) is 3.11. The largest absolute Gasteiger partial charge is 0.491 e. The summed E-state index contributed by atoms with van der Waals surface area (Å²) in [5.74, 6) is 1.62. The van der Waals surface area contributed by atoms with Gasteiger partial charge >= 0.3 is 0 Å². The lowest BCUT2D eigenvalue weighted by molar-refractivity contribution is 0.0750. The third kappa shape index (κ3) is 3.75. The number of hydrogen-bond acceptors (Lipinski definition) is 5. The fraction of sp³-hybridized carbons (Fsp3) is 0.316. The van der Waals surface area contributed by atoms with Crippen LogP contribution in [0.3, 0.4) is 0 Å². The van der Waals surface area contributed by atoms with E-state index in [2.05, 4.69) is 16.0 Å². The molecular formula is C19H21N3O3S. The first-order valence-corrected chi connectivity index (χ1v) is 9.06. The lowest BCUT2D eigenvalue weighted by atomic mass is 10.1. The van der Waals surface area contributed by atoms with Gasteiger partial charge in [0.15, 0.2) is 5.11 Å². The predicted molar refractivity (Wildman–Crippen MR) is 102 cm³/mol. The molecule has 1 saturated heterocycles. The highest BCUT2D eigenvalue weighted by Crippen LogP contribution is 2.30. The number of fused-ring (bicyclic) bond motifs is 6. The topological polar surface area (TPSA) is 63.8 Å². The van der Waals surface area contributed by atoms with Crippen molar-refractivity contribution in [1.82, 2.24) is 16.0 Å². The normalized spacial score (nSPS) is 23.0. The quantitative estimate of drug-likeness (QED) is 0.614. The van der Waals surface area contributed by atoms with Crippen molar-refractivity contribution < 1.29 is 14.2 Å². The maximum atomic E-state index is 5.92. The smallest absolute Gasteiger partial charge is 0.169 e. The maximum Gasteiger partial charge on any atom is 0.169 e. The van der Waals surface area contributed by atoms with Crippen LogP contribution in [-0.2, 0) is 4.74 Å². The molecule has 2 aromatic rings. The molecule has 2 unspecified atom stereocenters. The monoisotopic (exact) mass is 371 g/mol. The van der Waals surface area contributed by atoms with E-state index in [4.69, 9.17) is 26.4 Å². The average molecular weight is 371 g/mol. The molecule has 0 aliphatic carbocycles. The second-order valence-corrected chi connectivity index (χ2v) is 6.44. The highest BCUT2D eigenvalue weighted by atomic mass is 32.1. The van der Waals surface area contributed by atoms with Gasteiger partial charge in [0.25, 0.3) is 0 Å². The minimum atomic E-state index is -0.179. The van der Waals surface area contributed by atoms with E-state index in [1.807, 2.05) is 48.5 Å². The summed E-state index contributed by atoms with van der Waals surface area (Å²) in [6.45, 7) is 1.97. The molecule has 2 aliphatic heterocycles. The first kappa shape index (κ1) is 17.1. The van der Waals surface area contributed by atoms with Crippen LogP contribution in [0.2, 0.25) is 0 Å². The van der Waals surface area contributed by atoms with E-state index in [9.17, 15) is 0 Å². The van der Waals surface area contributed by atoms with E-state index < -0.39 is 0 Å². The Morgan fingerprint density at radius 1 is 0.731 bits per heavy atom. The summed E-state index contributed by atoms with van der Waals surface area (Å²) in [5, 5.41) is 10.7. The molecular weight excluding hydrogens is 350 g/mol. The Morgan fingerprint density at radius 2 is 1.23 bits per heavy atom. The molecule has 2 aromatic carbocycles. The molecule has 0 aromatic heterocycles. The summed E-state index contributed by atoms with van der Waals surface area (Å²) in [6, 6.07) is 15.9. The summed E-state index contributed by atoms with van der Waals surface area (Å²) in [7, 11) is 0. The lowest BCUT2D eigenvalue weighted by Gasteiger charge is -2.36. The van der Waals surface area contributed by atoms with Gasteiger partial charge in [-0.3, -0.25) is 5.32 Å². The Balaban J connectivity index is 1.70. The first-order valence-electron chi connectivity index (χ1n) is 8.65. The number of nitrogens with one attached hydrogen (secondary N) is 3.